The number of rotatable bonds is 1. The van der Waals surface area contributed by atoms with Gasteiger partial charge in [0.25, 0.3) is 0 Å². The van der Waals surface area contributed by atoms with Crippen LogP contribution < -0.4 is 5.32 Å². The van der Waals surface area contributed by atoms with Gasteiger partial charge in [0, 0.05) is 6.04 Å². The van der Waals surface area contributed by atoms with E-state index in [1.54, 1.807) is 0 Å². The molecule has 0 aromatic heterocycles. The summed E-state index contributed by atoms with van der Waals surface area (Å²) < 4.78 is 0. The largest absolute Gasteiger partial charge is 0.317 e. The van der Waals surface area contributed by atoms with Gasteiger partial charge < -0.3 is 5.32 Å². The minimum atomic E-state index is 0.852. The van der Waals surface area contributed by atoms with E-state index in [0.717, 1.165) is 12.0 Å². The second-order valence-corrected chi connectivity index (χ2v) is 2.11. The minimum Gasteiger partial charge on any atom is -0.317 e. The molecule has 1 rings (SSSR count). The quantitative estimate of drug-likeness (QED) is 0.492. The fraction of sp³-hybridized carbons (Fsp3) is 1.00. The zero-order valence-corrected chi connectivity index (χ0v) is 4.36. The average molecular weight is 85.1 g/mol. The van der Waals surface area contributed by atoms with Gasteiger partial charge in [-0.15, -0.1) is 0 Å². The highest BCUT2D eigenvalue weighted by molar-refractivity contribution is 4.87. The minimum absolute atomic E-state index is 0.852. The molecule has 0 aliphatic heterocycles. The van der Waals surface area contributed by atoms with Crippen LogP contribution in [-0.4, -0.2) is 13.1 Å². The topological polar surface area (TPSA) is 12.0 Å². The fourth-order valence-electron chi connectivity index (χ4n) is 0.724. The molecule has 1 saturated carbocycles. The lowest BCUT2D eigenvalue weighted by Gasteiger charge is -1.84. The highest BCUT2D eigenvalue weighted by Crippen LogP contribution is 2.27. The van der Waals surface area contributed by atoms with Gasteiger partial charge in [0.2, 0.25) is 0 Å². The summed E-state index contributed by atoms with van der Waals surface area (Å²) in [6.45, 7) is 2.27. The first-order valence-electron chi connectivity index (χ1n) is 2.52. The van der Waals surface area contributed by atoms with Crippen LogP contribution in [0.5, 0.6) is 0 Å². The molecule has 6 heavy (non-hydrogen) atoms. The number of hydrogen-bond acceptors (Lipinski definition) is 1. The number of nitrogens with one attached hydrogen (secondary N) is 1. The first-order chi connectivity index (χ1) is 2.84. The average Bonchev–Trinajstić information content (AvgIpc) is 2.19. The molecule has 0 unspecified atom stereocenters. The van der Waals surface area contributed by atoms with Crippen LogP contribution in [0.1, 0.15) is 13.3 Å². The summed E-state index contributed by atoms with van der Waals surface area (Å²) in [4.78, 5) is 0. The molecular formula is C5H11N. The SMILES string of the molecule is CN[C@@H]1C[C@H]1C. The van der Waals surface area contributed by atoms with Crippen LogP contribution in [-0.2, 0) is 0 Å². The molecule has 1 N–H and O–H groups in total. The smallest absolute Gasteiger partial charge is 0.00933 e. The monoisotopic (exact) mass is 85.1 g/mol. The molecule has 0 heterocycles. The summed E-state index contributed by atoms with van der Waals surface area (Å²) in [5.41, 5.74) is 0. The Bertz CT molecular complexity index is 49.9. The second-order valence-electron chi connectivity index (χ2n) is 2.11. The van der Waals surface area contributed by atoms with Crippen LogP contribution in [0.15, 0.2) is 0 Å². The summed E-state index contributed by atoms with van der Waals surface area (Å²) in [5.74, 6) is 0.954. The molecule has 1 heteroatoms. The van der Waals surface area contributed by atoms with Crippen LogP contribution in [0, 0.1) is 5.92 Å². The summed E-state index contributed by atoms with van der Waals surface area (Å²) in [6, 6.07) is 0.852. The Labute approximate surface area is 38.7 Å². The van der Waals surface area contributed by atoms with Gasteiger partial charge in [-0.3, -0.25) is 0 Å². The van der Waals surface area contributed by atoms with Crippen molar-refractivity contribution in [2.75, 3.05) is 7.05 Å². The lowest BCUT2D eigenvalue weighted by atomic mass is 10.5. The zero-order chi connectivity index (χ0) is 4.57. The van der Waals surface area contributed by atoms with Crippen molar-refractivity contribution >= 4 is 0 Å². The Morgan fingerprint density at radius 3 is 2.17 bits per heavy atom. The van der Waals surface area contributed by atoms with E-state index >= 15 is 0 Å². The van der Waals surface area contributed by atoms with Gasteiger partial charge in [0.15, 0.2) is 0 Å². The highest BCUT2D eigenvalue weighted by atomic mass is 14.9. The predicted octanol–water partition coefficient (Wildman–Crippen LogP) is 0.614. The fourth-order valence-corrected chi connectivity index (χ4v) is 0.724. The van der Waals surface area contributed by atoms with Crippen molar-refractivity contribution in [3.8, 4) is 0 Å². The highest BCUT2D eigenvalue weighted by Gasteiger charge is 2.29. The number of hydrogen-bond donors (Lipinski definition) is 1. The Morgan fingerprint density at radius 2 is 2.17 bits per heavy atom. The van der Waals surface area contributed by atoms with Gasteiger partial charge in [-0.25, -0.2) is 0 Å². The van der Waals surface area contributed by atoms with Gasteiger partial charge in [0.05, 0.1) is 0 Å². The van der Waals surface area contributed by atoms with E-state index < -0.39 is 0 Å². The van der Waals surface area contributed by atoms with Crippen LogP contribution in [0.3, 0.4) is 0 Å². The molecule has 0 saturated heterocycles. The molecule has 1 nitrogen and oxygen atoms in total. The molecule has 0 aromatic carbocycles. The van der Waals surface area contributed by atoms with Gasteiger partial charge >= 0.3 is 0 Å². The molecule has 0 spiro atoms. The molecule has 1 aliphatic carbocycles. The van der Waals surface area contributed by atoms with Crippen LogP contribution in [0.4, 0.5) is 0 Å². The van der Waals surface area contributed by atoms with E-state index in [2.05, 4.69) is 12.2 Å². The van der Waals surface area contributed by atoms with Gasteiger partial charge in [-0.1, -0.05) is 6.92 Å². The summed E-state index contributed by atoms with van der Waals surface area (Å²) in [6.07, 6.45) is 1.39. The molecule has 1 aliphatic rings. The summed E-state index contributed by atoms with van der Waals surface area (Å²) in [7, 11) is 2.02. The van der Waals surface area contributed by atoms with Crippen LogP contribution in [0.2, 0.25) is 0 Å². The van der Waals surface area contributed by atoms with E-state index in [0.29, 0.717) is 0 Å². The van der Waals surface area contributed by atoms with E-state index in [9.17, 15) is 0 Å². The Balaban J connectivity index is 2.09. The third kappa shape index (κ3) is 0.548. The van der Waals surface area contributed by atoms with Gasteiger partial charge in [0.1, 0.15) is 0 Å². The third-order valence-corrected chi connectivity index (χ3v) is 1.48. The van der Waals surface area contributed by atoms with E-state index in [4.69, 9.17) is 0 Å². The zero-order valence-electron chi connectivity index (χ0n) is 4.36. The lowest BCUT2D eigenvalue weighted by Crippen LogP contribution is -2.09. The molecule has 0 bridgehead atoms. The molecule has 1 fully saturated rings. The molecule has 36 valence electrons. The Hall–Kier alpha value is -0.0400. The van der Waals surface area contributed by atoms with Crippen molar-refractivity contribution in [1.82, 2.24) is 5.32 Å². The van der Waals surface area contributed by atoms with E-state index in [1.165, 1.54) is 6.42 Å². The van der Waals surface area contributed by atoms with Crippen LogP contribution in [0.25, 0.3) is 0 Å². The maximum Gasteiger partial charge on any atom is 0.00933 e. The summed E-state index contributed by atoms with van der Waals surface area (Å²) >= 11 is 0. The van der Waals surface area contributed by atoms with Crippen molar-refractivity contribution in [1.29, 1.82) is 0 Å². The normalized spacial score (nSPS) is 43.0. The van der Waals surface area contributed by atoms with Gasteiger partial charge in [-0.05, 0) is 19.4 Å². The van der Waals surface area contributed by atoms with Gasteiger partial charge in [-0.2, -0.15) is 0 Å². The Morgan fingerprint density at radius 1 is 1.67 bits per heavy atom. The van der Waals surface area contributed by atoms with E-state index in [-0.39, 0.29) is 0 Å². The Kier molecular flexibility index (Phi) is 0.845. The maximum atomic E-state index is 3.19. The van der Waals surface area contributed by atoms with E-state index in [1.807, 2.05) is 7.05 Å². The molecular weight excluding hydrogens is 74.1 g/mol. The van der Waals surface area contributed by atoms with Crippen LogP contribution >= 0.6 is 0 Å². The van der Waals surface area contributed by atoms with Crippen molar-refractivity contribution in [2.45, 2.75) is 19.4 Å². The summed E-state index contributed by atoms with van der Waals surface area (Å²) in [5, 5.41) is 3.19. The molecule has 2 atom stereocenters. The molecule has 0 amide bonds. The van der Waals surface area contributed by atoms with Crippen molar-refractivity contribution in [3.63, 3.8) is 0 Å². The third-order valence-electron chi connectivity index (χ3n) is 1.48. The van der Waals surface area contributed by atoms with Crippen molar-refractivity contribution in [2.24, 2.45) is 5.92 Å². The molecule has 0 aromatic rings. The molecule has 0 radical (unpaired) electrons. The predicted molar refractivity (Wildman–Crippen MR) is 26.6 cm³/mol. The lowest BCUT2D eigenvalue weighted by molar-refractivity contribution is 0.747. The standard InChI is InChI=1S/C5H11N/c1-4-3-5(4)6-2/h4-6H,3H2,1-2H3/t4-,5-/m1/s1. The maximum absolute atomic E-state index is 3.19. The van der Waals surface area contributed by atoms with Crippen molar-refractivity contribution < 1.29 is 0 Å². The first kappa shape index (κ1) is 4.13. The van der Waals surface area contributed by atoms with Crippen molar-refractivity contribution in [3.05, 3.63) is 0 Å². The second kappa shape index (κ2) is 1.23. The first-order valence-corrected chi connectivity index (χ1v) is 2.52.